The maximum atomic E-state index is 12.9. The zero-order chi connectivity index (χ0) is 23.6. The highest BCUT2D eigenvalue weighted by Gasteiger charge is 2.30. The number of phenols is 1. The molecule has 3 aromatic carbocycles. The molecule has 1 atom stereocenters. The summed E-state index contributed by atoms with van der Waals surface area (Å²) in [6, 6.07) is 17.1. The second-order valence-electron chi connectivity index (χ2n) is 7.77. The zero-order valence-corrected chi connectivity index (χ0v) is 17.9. The van der Waals surface area contributed by atoms with Crippen molar-refractivity contribution in [3.63, 3.8) is 0 Å². The molecule has 0 unspecified atom stereocenters. The molecule has 170 valence electrons. The minimum Gasteiger partial charge on any atom is -0.507 e. The number of para-hydroxylation sites is 1. The van der Waals surface area contributed by atoms with Gasteiger partial charge in [-0.1, -0.05) is 37.3 Å². The van der Waals surface area contributed by atoms with Crippen LogP contribution in [0, 0.1) is 0 Å². The maximum absolute atomic E-state index is 12.9. The SMILES string of the molecule is CC[C@H](N)CNc1nc(-c2cc(-c3ccc(C(F)(F)F)cc3)ccc2O)nc2ccccc12. The molecule has 4 rings (SSSR count). The standard InChI is InChI=1S/C25H23F3N4O/c1-2-18(29)14-30-23-19-5-3-4-6-21(19)31-24(32-23)20-13-16(9-12-22(20)33)15-7-10-17(11-8-15)25(26,27)28/h3-13,18,33H,2,14,29H2,1H3,(H,30,31,32)/t18-/m0/s1. The molecule has 4 N–H and O–H groups in total. The summed E-state index contributed by atoms with van der Waals surface area (Å²) in [7, 11) is 0. The summed E-state index contributed by atoms with van der Waals surface area (Å²) in [4.78, 5) is 9.24. The lowest BCUT2D eigenvalue weighted by molar-refractivity contribution is -0.137. The Hall–Kier alpha value is -3.65. The van der Waals surface area contributed by atoms with Crippen LogP contribution in [0.25, 0.3) is 33.4 Å². The highest BCUT2D eigenvalue weighted by atomic mass is 19.4. The van der Waals surface area contributed by atoms with E-state index in [1.807, 2.05) is 31.2 Å². The van der Waals surface area contributed by atoms with Crippen LogP contribution in [-0.4, -0.2) is 27.7 Å². The number of aromatic hydroxyl groups is 1. The lowest BCUT2D eigenvalue weighted by atomic mass is 10.0. The fraction of sp³-hybridized carbons (Fsp3) is 0.200. The number of nitrogens with two attached hydrogens (primary N) is 1. The monoisotopic (exact) mass is 452 g/mol. The van der Waals surface area contributed by atoms with Crippen LogP contribution in [0.1, 0.15) is 18.9 Å². The number of benzene rings is 3. The van der Waals surface area contributed by atoms with Gasteiger partial charge in [-0.3, -0.25) is 0 Å². The summed E-state index contributed by atoms with van der Waals surface area (Å²) < 4.78 is 38.7. The first-order valence-electron chi connectivity index (χ1n) is 10.5. The summed E-state index contributed by atoms with van der Waals surface area (Å²) in [6.07, 6.45) is -3.60. The van der Waals surface area contributed by atoms with E-state index in [-0.39, 0.29) is 11.8 Å². The summed E-state index contributed by atoms with van der Waals surface area (Å²) in [5, 5.41) is 14.6. The molecule has 33 heavy (non-hydrogen) atoms. The third-order valence-corrected chi connectivity index (χ3v) is 5.44. The Bertz CT molecular complexity index is 1270. The van der Waals surface area contributed by atoms with Gasteiger partial charge in [-0.2, -0.15) is 13.2 Å². The van der Waals surface area contributed by atoms with E-state index in [0.717, 1.165) is 23.9 Å². The summed E-state index contributed by atoms with van der Waals surface area (Å²) in [5.41, 5.74) is 7.61. The predicted octanol–water partition coefficient (Wildman–Crippen LogP) is 5.84. The van der Waals surface area contributed by atoms with Crippen LogP contribution in [0.2, 0.25) is 0 Å². The number of rotatable bonds is 6. The number of fused-ring (bicyclic) bond motifs is 1. The molecule has 0 aliphatic carbocycles. The topological polar surface area (TPSA) is 84.1 Å². The maximum Gasteiger partial charge on any atom is 0.416 e. The van der Waals surface area contributed by atoms with E-state index in [4.69, 9.17) is 5.73 Å². The lowest BCUT2D eigenvalue weighted by Gasteiger charge is -2.15. The van der Waals surface area contributed by atoms with E-state index in [1.54, 1.807) is 12.1 Å². The van der Waals surface area contributed by atoms with E-state index < -0.39 is 11.7 Å². The van der Waals surface area contributed by atoms with Gasteiger partial charge in [0.2, 0.25) is 0 Å². The van der Waals surface area contributed by atoms with Crippen molar-refractivity contribution in [2.24, 2.45) is 5.73 Å². The van der Waals surface area contributed by atoms with Crippen LogP contribution in [0.3, 0.4) is 0 Å². The van der Waals surface area contributed by atoms with Crippen LogP contribution in [0.4, 0.5) is 19.0 Å². The molecule has 4 aromatic rings. The number of aromatic nitrogens is 2. The van der Waals surface area contributed by atoms with Gasteiger partial charge in [-0.05, 0) is 53.9 Å². The number of nitrogens with zero attached hydrogens (tertiary/aromatic N) is 2. The highest BCUT2D eigenvalue weighted by molar-refractivity contribution is 5.91. The summed E-state index contributed by atoms with van der Waals surface area (Å²) >= 11 is 0. The van der Waals surface area contributed by atoms with Gasteiger partial charge in [0.1, 0.15) is 11.6 Å². The Morgan fingerprint density at radius 3 is 2.36 bits per heavy atom. The quantitative estimate of drug-likeness (QED) is 0.342. The molecule has 1 aromatic heterocycles. The molecule has 5 nitrogen and oxygen atoms in total. The zero-order valence-electron chi connectivity index (χ0n) is 17.9. The van der Waals surface area contributed by atoms with Crippen molar-refractivity contribution in [1.29, 1.82) is 0 Å². The van der Waals surface area contributed by atoms with Crippen molar-refractivity contribution in [2.75, 3.05) is 11.9 Å². The van der Waals surface area contributed by atoms with Crippen molar-refractivity contribution in [3.8, 4) is 28.3 Å². The van der Waals surface area contributed by atoms with Gasteiger partial charge in [-0.15, -0.1) is 0 Å². The van der Waals surface area contributed by atoms with Crippen molar-refractivity contribution in [2.45, 2.75) is 25.6 Å². The fourth-order valence-electron chi connectivity index (χ4n) is 3.45. The molecule has 0 bridgehead atoms. The highest BCUT2D eigenvalue weighted by Crippen LogP contribution is 2.35. The molecular weight excluding hydrogens is 429 g/mol. The van der Waals surface area contributed by atoms with E-state index in [9.17, 15) is 18.3 Å². The van der Waals surface area contributed by atoms with Crippen molar-refractivity contribution < 1.29 is 18.3 Å². The van der Waals surface area contributed by atoms with Crippen LogP contribution in [0.5, 0.6) is 5.75 Å². The van der Waals surface area contributed by atoms with E-state index in [0.29, 0.717) is 40.4 Å². The Balaban J connectivity index is 1.76. The molecule has 0 saturated heterocycles. The Kier molecular flexibility index (Phi) is 6.20. The van der Waals surface area contributed by atoms with E-state index in [1.165, 1.54) is 18.2 Å². The lowest BCUT2D eigenvalue weighted by Crippen LogP contribution is -2.28. The average Bonchev–Trinajstić information content (AvgIpc) is 2.82. The smallest absolute Gasteiger partial charge is 0.416 e. The van der Waals surface area contributed by atoms with Crippen LogP contribution < -0.4 is 11.1 Å². The van der Waals surface area contributed by atoms with Gasteiger partial charge < -0.3 is 16.2 Å². The number of hydrogen-bond acceptors (Lipinski definition) is 5. The molecule has 1 heterocycles. The number of halogens is 3. The largest absolute Gasteiger partial charge is 0.507 e. The van der Waals surface area contributed by atoms with Crippen molar-refractivity contribution in [3.05, 3.63) is 72.3 Å². The third kappa shape index (κ3) is 4.90. The fourth-order valence-corrected chi connectivity index (χ4v) is 3.45. The third-order valence-electron chi connectivity index (χ3n) is 5.44. The number of hydrogen-bond donors (Lipinski definition) is 3. The Labute approximate surface area is 189 Å². The van der Waals surface area contributed by atoms with Crippen molar-refractivity contribution >= 4 is 16.7 Å². The molecular formula is C25H23F3N4O. The van der Waals surface area contributed by atoms with Crippen LogP contribution >= 0.6 is 0 Å². The molecule has 8 heteroatoms. The first-order valence-corrected chi connectivity index (χ1v) is 10.5. The van der Waals surface area contributed by atoms with Gasteiger partial charge in [0.05, 0.1) is 16.6 Å². The number of nitrogens with one attached hydrogen (secondary N) is 1. The predicted molar refractivity (Wildman–Crippen MR) is 124 cm³/mol. The molecule has 0 radical (unpaired) electrons. The average molecular weight is 452 g/mol. The molecule has 0 fully saturated rings. The van der Waals surface area contributed by atoms with Gasteiger partial charge in [0.15, 0.2) is 5.82 Å². The molecule has 0 spiro atoms. The Morgan fingerprint density at radius 1 is 0.970 bits per heavy atom. The van der Waals surface area contributed by atoms with Gasteiger partial charge in [-0.25, -0.2) is 9.97 Å². The van der Waals surface area contributed by atoms with Gasteiger partial charge in [0.25, 0.3) is 0 Å². The minimum atomic E-state index is -4.40. The van der Waals surface area contributed by atoms with Crippen LogP contribution in [-0.2, 0) is 6.18 Å². The van der Waals surface area contributed by atoms with Crippen molar-refractivity contribution in [1.82, 2.24) is 9.97 Å². The first-order chi connectivity index (χ1) is 15.8. The number of anilines is 1. The minimum absolute atomic E-state index is 0.0304. The molecule has 0 saturated carbocycles. The van der Waals surface area contributed by atoms with Gasteiger partial charge in [0, 0.05) is 18.0 Å². The summed E-state index contributed by atoms with van der Waals surface area (Å²) in [5.74, 6) is 0.864. The molecule has 0 aliphatic heterocycles. The number of alkyl halides is 3. The molecule has 0 amide bonds. The van der Waals surface area contributed by atoms with E-state index in [2.05, 4.69) is 15.3 Å². The normalized spacial score (nSPS) is 12.6. The second kappa shape index (κ2) is 9.07. The summed E-state index contributed by atoms with van der Waals surface area (Å²) in [6.45, 7) is 2.52. The Morgan fingerprint density at radius 2 is 1.67 bits per heavy atom. The van der Waals surface area contributed by atoms with E-state index >= 15 is 0 Å². The first kappa shape index (κ1) is 22.5. The second-order valence-corrected chi connectivity index (χ2v) is 7.77. The number of phenolic OH excluding ortho intramolecular Hbond substituents is 1. The van der Waals surface area contributed by atoms with Crippen LogP contribution in [0.15, 0.2) is 66.7 Å². The van der Waals surface area contributed by atoms with Gasteiger partial charge >= 0.3 is 6.18 Å². The molecule has 0 aliphatic rings.